The third-order valence-corrected chi connectivity index (χ3v) is 5.02. The zero-order chi connectivity index (χ0) is 19.4. The van der Waals surface area contributed by atoms with Gasteiger partial charge in [0.15, 0.2) is 0 Å². The number of H-pyrrole nitrogens is 1. The van der Waals surface area contributed by atoms with Gasteiger partial charge in [-0.25, -0.2) is 0 Å². The second kappa shape index (κ2) is 8.21. The van der Waals surface area contributed by atoms with Gasteiger partial charge in [0.2, 0.25) is 5.91 Å². The predicted molar refractivity (Wildman–Crippen MR) is 110 cm³/mol. The minimum atomic E-state index is -0.159. The summed E-state index contributed by atoms with van der Waals surface area (Å²) in [6, 6.07) is 17.8. The number of aromatic amines is 1. The monoisotopic (exact) mass is 362 g/mol. The van der Waals surface area contributed by atoms with E-state index in [1.165, 1.54) is 11.1 Å². The molecule has 0 saturated carbocycles. The molecule has 0 aliphatic carbocycles. The highest BCUT2D eigenvalue weighted by Gasteiger charge is 2.19. The van der Waals surface area contributed by atoms with Crippen molar-refractivity contribution in [3.05, 3.63) is 81.6 Å². The van der Waals surface area contributed by atoms with E-state index < -0.39 is 0 Å². The number of pyridine rings is 1. The van der Waals surface area contributed by atoms with Crippen LogP contribution in [0.5, 0.6) is 0 Å². The number of aromatic nitrogens is 1. The van der Waals surface area contributed by atoms with E-state index >= 15 is 0 Å². The molecule has 140 valence electrons. The SMILES string of the molecule is Cc1ccc(C(CC(=O)NCc2cc3ccccc3[nH]c2=O)C(C)C)cc1. The number of para-hydroxylation sites is 1. The van der Waals surface area contributed by atoms with E-state index in [1.807, 2.05) is 30.3 Å². The van der Waals surface area contributed by atoms with Gasteiger partial charge < -0.3 is 10.3 Å². The Labute approximate surface area is 159 Å². The minimum absolute atomic E-state index is 0.0400. The van der Waals surface area contributed by atoms with Crippen molar-refractivity contribution in [3.63, 3.8) is 0 Å². The lowest BCUT2D eigenvalue weighted by Crippen LogP contribution is -2.28. The molecular weight excluding hydrogens is 336 g/mol. The van der Waals surface area contributed by atoms with E-state index in [1.54, 1.807) is 0 Å². The molecule has 1 unspecified atom stereocenters. The first kappa shape index (κ1) is 18.9. The van der Waals surface area contributed by atoms with Gasteiger partial charge in [0.1, 0.15) is 0 Å². The standard InChI is InChI=1S/C23H26N2O2/c1-15(2)20(17-10-8-16(3)9-11-17)13-22(26)24-14-19-12-18-6-4-5-7-21(18)25-23(19)27/h4-12,15,20H,13-14H2,1-3H3,(H,24,26)(H,25,27). The Morgan fingerprint density at radius 1 is 1.07 bits per heavy atom. The first-order valence-corrected chi connectivity index (χ1v) is 9.38. The molecule has 3 rings (SSSR count). The van der Waals surface area contributed by atoms with Crippen molar-refractivity contribution in [2.75, 3.05) is 0 Å². The van der Waals surface area contributed by atoms with Gasteiger partial charge in [-0.3, -0.25) is 9.59 Å². The summed E-state index contributed by atoms with van der Waals surface area (Å²) in [5, 5.41) is 3.87. The summed E-state index contributed by atoms with van der Waals surface area (Å²) in [6.45, 7) is 6.55. The third kappa shape index (κ3) is 4.64. The van der Waals surface area contributed by atoms with E-state index in [4.69, 9.17) is 0 Å². The average Bonchev–Trinajstić information content (AvgIpc) is 2.65. The summed E-state index contributed by atoms with van der Waals surface area (Å²) in [6.07, 6.45) is 0.409. The van der Waals surface area contributed by atoms with Crippen LogP contribution in [0, 0.1) is 12.8 Å². The van der Waals surface area contributed by atoms with Gasteiger partial charge >= 0.3 is 0 Å². The van der Waals surface area contributed by atoms with Crippen molar-refractivity contribution >= 4 is 16.8 Å². The van der Waals surface area contributed by atoms with Crippen molar-refractivity contribution in [2.24, 2.45) is 5.92 Å². The van der Waals surface area contributed by atoms with Crippen LogP contribution < -0.4 is 10.9 Å². The van der Waals surface area contributed by atoms with Crippen LogP contribution in [0.1, 0.15) is 42.9 Å². The molecule has 0 radical (unpaired) electrons. The maximum Gasteiger partial charge on any atom is 0.253 e. The van der Waals surface area contributed by atoms with Crippen LogP contribution in [-0.2, 0) is 11.3 Å². The molecule has 2 aromatic carbocycles. The fourth-order valence-corrected chi connectivity index (χ4v) is 3.34. The van der Waals surface area contributed by atoms with Gasteiger partial charge in [-0.1, -0.05) is 61.9 Å². The number of fused-ring (bicyclic) bond motifs is 1. The summed E-state index contributed by atoms with van der Waals surface area (Å²) < 4.78 is 0. The van der Waals surface area contributed by atoms with Crippen molar-refractivity contribution in [1.29, 1.82) is 0 Å². The lowest BCUT2D eigenvalue weighted by molar-refractivity contribution is -0.121. The number of benzene rings is 2. The van der Waals surface area contributed by atoms with Gasteiger partial charge in [0.05, 0.1) is 0 Å². The van der Waals surface area contributed by atoms with Crippen LogP contribution in [0.15, 0.2) is 59.4 Å². The topological polar surface area (TPSA) is 62.0 Å². The second-order valence-electron chi connectivity index (χ2n) is 7.45. The fourth-order valence-electron chi connectivity index (χ4n) is 3.34. The highest BCUT2D eigenvalue weighted by Crippen LogP contribution is 2.28. The molecule has 4 nitrogen and oxygen atoms in total. The van der Waals surface area contributed by atoms with Crippen LogP contribution in [0.4, 0.5) is 0 Å². The van der Waals surface area contributed by atoms with E-state index in [9.17, 15) is 9.59 Å². The van der Waals surface area contributed by atoms with Gasteiger partial charge in [0.25, 0.3) is 5.56 Å². The molecule has 0 aliphatic heterocycles. The van der Waals surface area contributed by atoms with Crippen molar-refractivity contribution < 1.29 is 4.79 Å². The molecule has 2 N–H and O–H groups in total. The van der Waals surface area contributed by atoms with Crippen LogP contribution in [0.25, 0.3) is 10.9 Å². The Morgan fingerprint density at radius 3 is 2.48 bits per heavy atom. The largest absolute Gasteiger partial charge is 0.352 e. The molecule has 1 atom stereocenters. The number of carbonyl (C=O) groups is 1. The first-order chi connectivity index (χ1) is 12.9. The number of hydrogen-bond donors (Lipinski definition) is 2. The van der Waals surface area contributed by atoms with E-state index in [2.05, 4.69) is 55.3 Å². The Hall–Kier alpha value is -2.88. The van der Waals surface area contributed by atoms with Gasteiger partial charge in [-0.2, -0.15) is 0 Å². The zero-order valence-electron chi connectivity index (χ0n) is 16.1. The molecule has 1 amide bonds. The smallest absolute Gasteiger partial charge is 0.253 e. The summed E-state index contributed by atoms with van der Waals surface area (Å²) in [7, 11) is 0. The normalized spacial score (nSPS) is 12.3. The highest BCUT2D eigenvalue weighted by atomic mass is 16.1. The van der Waals surface area contributed by atoms with Crippen molar-refractivity contribution in [2.45, 2.75) is 39.7 Å². The number of nitrogens with one attached hydrogen (secondary N) is 2. The van der Waals surface area contributed by atoms with E-state index in [-0.39, 0.29) is 23.9 Å². The van der Waals surface area contributed by atoms with Crippen molar-refractivity contribution in [1.82, 2.24) is 10.3 Å². The maximum atomic E-state index is 12.5. The molecule has 4 heteroatoms. The zero-order valence-corrected chi connectivity index (χ0v) is 16.1. The van der Waals surface area contributed by atoms with Gasteiger partial charge in [0, 0.05) is 24.0 Å². The Kier molecular flexibility index (Phi) is 5.75. The van der Waals surface area contributed by atoms with E-state index in [0.717, 1.165) is 10.9 Å². The van der Waals surface area contributed by atoms with Crippen LogP contribution in [-0.4, -0.2) is 10.9 Å². The summed E-state index contributed by atoms with van der Waals surface area (Å²) in [5.74, 6) is 0.463. The second-order valence-corrected chi connectivity index (χ2v) is 7.45. The van der Waals surface area contributed by atoms with Crippen LogP contribution in [0.2, 0.25) is 0 Å². The van der Waals surface area contributed by atoms with Crippen LogP contribution >= 0.6 is 0 Å². The molecule has 1 aromatic heterocycles. The predicted octanol–water partition coefficient (Wildman–Crippen LogP) is 4.28. The number of carbonyl (C=O) groups excluding carboxylic acids is 1. The highest BCUT2D eigenvalue weighted by molar-refractivity contribution is 5.79. The molecule has 0 aliphatic rings. The first-order valence-electron chi connectivity index (χ1n) is 9.38. The van der Waals surface area contributed by atoms with Gasteiger partial charge in [-0.15, -0.1) is 0 Å². The van der Waals surface area contributed by atoms with E-state index in [0.29, 0.717) is 17.9 Å². The Bertz CT molecular complexity index is 987. The number of hydrogen-bond acceptors (Lipinski definition) is 2. The molecule has 0 fully saturated rings. The molecule has 1 heterocycles. The lowest BCUT2D eigenvalue weighted by Gasteiger charge is -2.21. The Morgan fingerprint density at radius 2 is 1.78 bits per heavy atom. The third-order valence-electron chi connectivity index (χ3n) is 5.02. The quantitative estimate of drug-likeness (QED) is 0.687. The summed E-state index contributed by atoms with van der Waals surface area (Å²) in [4.78, 5) is 27.6. The summed E-state index contributed by atoms with van der Waals surface area (Å²) >= 11 is 0. The number of rotatable bonds is 6. The lowest BCUT2D eigenvalue weighted by atomic mass is 9.85. The number of amides is 1. The summed E-state index contributed by atoms with van der Waals surface area (Å²) in [5.41, 5.74) is 3.60. The van der Waals surface area contributed by atoms with Crippen molar-refractivity contribution in [3.8, 4) is 0 Å². The fraction of sp³-hybridized carbons (Fsp3) is 0.304. The Balaban J connectivity index is 1.69. The average molecular weight is 362 g/mol. The molecule has 0 saturated heterocycles. The molecule has 0 bridgehead atoms. The number of aryl methyl sites for hydroxylation is 1. The maximum absolute atomic E-state index is 12.5. The molecular formula is C23H26N2O2. The van der Waals surface area contributed by atoms with Crippen LogP contribution in [0.3, 0.4) is 0 Å². The van der Waals surface area contributed by atoms with Gasteiger partial charge in [-0.05, 0) is 41.8 Å². The molecule has 3 aromatic rings. The minimum Gasteiger partial charge on any atom is -0.352 e. The molecule has 0 spiro atoms. The molecule has 27 heavy (non-hydrogen) atoms.